The maximum absolute atomic E-state index is 13.4. The average molecular weight is 361 g/mol. The predicted molar refractivity (Wildman–Crippen MR) is 86.8 cm³/mol. The van der Waals surface area contributed by atoms with Gasteiger partial charge in [0.1, 0.15) is 0 Å². The van der Waals surface area contributed by atoms with Gasteiger partial charge in [-0.2, -0.15) is 17.6 Å². The van der Waals surface area contributed by atoms with Gasteiger partial charge in [0.25, 0.3) is 5.91 Å². The largest absolute Gasteiger partial charge is 0.417 e. The number of nitrogens with one attached hydrogen (secondary N) is 1. The Morgan fingerprint density at radius 1 is 0.923 bits per heavy atom. The molecule has 1 aromatic heterocycles. The molecule has 0 bridgehead atoms. The van der Waals surface area contributed by atoms with Gasteiger partial charge in [0.05, 0.1) is 5.56 Å². The number of nitrogens with zero attached hydrogens (tertiary/aromatic N) is 2. The summed E-state index contributed by atoms with van der Waals surface area (Å²) in [5.74, 6) is -1.82. The van der Waals surface area contributed by atoms with Crippen LogP contribution in [0.5, 0.6) is 0 Å². The van der Waals surface area contributed by atoms with Gasteiger partial charge < -0.3 is 5.32 Å². The van der Waals surface area contributed by atoms with Gasteiger partial charge in [-0.15, -0.1) is 0 Å². The van der Waals surface area contributed by atoms with E-state index in [4.69, 9.17) is 0 Å². The second-order valence-electron chi connectivity index (χ2n) is 5.27. The highest BCUT2D eigenvalue weighted by molar-refractivity contribution is 6.02. The zero-order chi connectivity index (χ0) is 18.7. The van der Waals surface area contributed by atoms with Crippen LogP contribution in [0.15, 0.2) is 60.9 Å². The molecule has 4 nitrogen and oxygen atoms in total. The molecule has 2 aromatic carbocycles. The zero-order valence-electron chi connectivity index (χ0n) is 13.1. The third-order valence-electron chi connectivity index (χ3n) is 3.55. The topological polar surface area (TPSA) is 54.9 Å². The number of hydrogen-bond donors (Lipinski definition) is 1. The Bertz CT molecular complexity index is 940. The van der Waals surface area contributed by atoms with Crippen LogP contribution in [0.25, 0.3) is 11.1 Å². The summed E-state index contributed by atoms with van der Waals surface area (Å²) in [7, 11) is 0. The van der Waals surface area contributed by atoms with E-state index in [1.54, 1.807) is 0 Å². The minimum atomic E-state index is -4.48. The van der Waals surface area contributed by atoms with Crippen molar-refractivity contribution in [2.75, 3.05) is 5.32 Å². The maximum Gasteiger partial charge on any atom is 0.417 e. The van der Waals surface area contributed by atoms with Crippen molar-refractivity contribution < 1.29 is 22.4 Å². The second kappa shape index (κ2) is 6.91. The molecule has 0 fully saturated rings. The van der Waals surface area contributed by atoms with E-state index >= 15 is 0 Å². The lowest BCUT2D eigenvalue weighted by molar-refractivity contribution is -0.137. The van der Waals surface area contributed by atoms with Crippen molar-refractivity contribution in [3.05, 3.63) is 78.1 Å². The highest BCUT2D eigenvalue weighted by atomic mass is 19.4. The highest BCUT2D eigenvalue weighted by Gasteiger charge is 2.33. The zero-order valence-corrected chi connectivity index (χ0v) is 13.1. The van der Waals surface area contributed by atoms with Gasteiger partial charge in [-0.05, 0) is 29.3 Å². The van der Waals surface area contributed by atoms with Gasteiger partial charge in [-0.3, -0.25) is 4.79 Å². The van der Waals surface area contributed by atoms with Crippen molar-refractivity contribution in [2.24, 2.45) is 0 Å². The Kier molecular flexibility index (Phi) is 4.66. The molecule has 0 unspecified atom stereocenters. The lowest BCUT2D eigenvalue weighted by Crippen LogP contribution is -2.16. The minimum absolute atomic E-state index is 0.0258. The Hall–Kier alpha value is -3.29. The summed E-state index contributed by atoms with van der Waals surface area (Å²) < 4.78 is 52.8. The number of alkyl halides is 3. The van der Waals surface area contributed by atoms with Gasteiger partial charge in [0, 0.05) is 18.1 Å². The van der Waals surface area contributed by atoms with Crippen LogP contribution >= 0.6 is 0 Å². The Morgan fingerprint density at radius 3 is 2.23 bits per heavy atom. The van der Waals surface area contributed by atoms with Crippen LogP contribution in [0, 0.1) is 5.95 Å². The Morgan fingerprint density at radius 2 is 1.58 bits per heavy atom. The predicted octanol–water partition coefficient (Wildman–Crippen LogP) is 4.55. The molecular weight excluding hydrogens is 350 g/mol. The SMILES string of the molecule is O=C(Nc1ccc(-c2ccccc2C(F)(F)F)cc1)c1nccnc1F. The third-order valence-corrected chi connectivity index (χ3v) is 3.55. The van der Waals surface area contributed by atoms with Crippen molar-refractivity contribution in [3.8, 4) is 11.1 Å². The average Bonchev–Trinajstić information content (AvgIpc) is 2.62. The van der Waals surface area contributed by atoms with Gasteiger partial charge in [-0.25, -0.2) is 9.97 Å². The molecule has 3 aromatic rings. The molecule has 1 heterocycles. The number of halogens is 4. The summed E-state index contributed by atoms with van der Waals surface area (Å²) in [6.45, 7) is 0. The van der Waals surface area contributed by atoms with E-state index in [-0.39, 0.29) is 11.3 Å². The number of anilines is 1. The van der Waals surface area contributed by atoms with E-state index in [9.17, 15) is 22.4 Å². The second-order valence-corrected chi connectivity index (χ2v) is 5.27. The summed E-state index contributed by atoms with van der Waals surface area (Å²) in [5.41, 5.74) is -0.579. The molecule has 0 spiro atoms. The molecule has 26 heavy (non-hydrogen) atoms. The van der Waals surface area contributed by atoms with Crippen LogP contribution in [0.4, 0.5) is 23.2 Å². The summed E-state index contributed by atoms with van der Waals surface area (Å²) in [6, 6.07) is 10.9. The van der Waals surface area contributed by atoms with E-state index in [0.717, 1.165) is 12.3 Å². The van der Waals surface area contributed by atoms with Crippen LogP contribution in [0.3, 0.4) is 0 Å². The van der Waals surface area contributed by atoms with Gasteiger partial charge in [0.15, 0.2) is 5.69 Å². The van der Waals surface area contributed by atoms with Gasteiger partial charge in [0.2, 0.25) is 5.95 Å². The van der Waals surface area contributed by atoms with E-state index in [2.05, 4.69) is 15.3 Å². The quantitative estimate of drug-likeness (QED) is 0.696. The van der Waals surface area contributed by atoms with Crippen molar-refractivity contribution in [2.45, 2.75) is 6.18 Å². The van der Waals surface area contributed by atoms with E-state index < -0.39 is 29.3 Å². The number of aromatic nitrogens is 2. The molecule has 0 atom stereocenters. The molecule has 132 valence electrons. The summed E-state index contributed by atoms with van der Waals surface area (Å²) in [4.78, 5) is 18.9. The van der Waals surface area contributed by atoms with Crippen molar-refractivity contribution in [3.63, 3.8) is 0 Å². The van der Waals surface area contributed by atoms with Crippen LogP contribution in [0.2, 0.25) is 0 Å². The third kappa shape index (κ3) is 3.69. The maximum atomic E-state index is 13.4. The van der Waals surface area contributed by atoms with Gasteiger partial charge in [-0.1, -0.05) is 30.3 Å². The molecule has 0 aliphatic carbocycles. The van der Waals surface area contributed by atoms with E-state index in [1.165, 1.54) is 48.7 Å². The Balaban J connectivity index is 1.84. The lowest BCUT2D eigenvalue weighted by Gasteiger charge is -2.13. The van der Waals surface area contributed by atoms with Crippen molar-refractivity contribution in [1.29, 1.82) is 0 Å². The van der Waals surface area contributed by atoms with E-state index in [1.807, 2.05) is 0 Å². The molecule has 0 saturated heterocycles. The smallest absolute Gasteiger partial charge is 0.321 e. The number of rotatable bonds is 3. The number of carbonyl (C=O) groups is 1. The fourth-order valence-electron chi connectivity index (χ4n) is 2.38. The first kappa shape index (κ1) is 17.5. The molecule has 0 aliphatic rings. The number of amides is 1. The van der Waals surface area contributed by atoms with E-state index in [0.29, 0.717) is 5.56 Å². The number of carbonyl (C=O) groups excluding carboxylic acids is 1. The van der Waals surface area contributed by atoms with Crippen LogP contribution in [-0.4, -0.2) is 15.9 Å². The molecule has 1 N–H and O–H groups in total. The number of hydrogen-bond acceptors (Lipinski definition) is 3. The first-order chi connectivity index (χ1) is 12.4. The van der Waals surface area contributed by atoms with Crippen molar-refractivity contribution >= 4 is 11.6 Å². The normalized spacial score (nSPS) is 11.2. The molecule has 1 amide bonds. The van der Waals surface area contributed by atoms with Crippen LogP contribution in [0.1, 0.15) is 16.1 Å². The molecule has 0 saturated carbocycles. The minimum Gasteiger partial charge on any atom is -0.321 e. The standard InChI is InChI=1S/C18H11F4N3O/c19-16-15(23-9-10-24-16)17(26)25-12-7-5-11(6-8-12)13-3-1-2-4-14(13)18(20,21)22/h1-10H,(H,25,26). The fourth-order valence-corrected chi connectivity index (χ4v) is 2.38. The first-order valence-electron chi connectivity index (χ1n) is 7.41. The molecule has 0 aliphatic heterocycles. The highest BCUT2D eigenvalue weighted by Crippen LogP contribution is 2.37. The Labute approximate surface area is 145 Å². The fraction of sp³-hybridized carbons (Fsp3) is 0.0556. The number of benzene rings is 2. The summed E-state index contributed by atoms with van der Waals surface area (Å²) in [5, 5.41) is 2.42. The molecule has 8 heteroatoms. The molecule has 3 rings (SSSR count). The molecular formula is C18H11F4N3O. The van der Waals surface area contributed by atoms with Crippen LogP contribution < -0.4 is 5.32 Å². The molecule has 0 radical (unpaired) electrons. The lowest BCUT2D eigenvalue weighted by atomic mass is 9.99. The first-order valence-corrected chi connectivity index (χ1v) is 7.41. The summed E-state index contributed by atoms with van der Waals surface area (Å²) in [6.07, 6.45) is -2.19. The van der Waals surface area contributed by atoms with Crippen LogP contribution in [-0.2, 0) is 6.18 Å². The van der Waals surface area contributed by atoms with Crippen molar-refractivity contribution in [1.82, 2.24) is 9.97 Å². The van der Waals surface area contributed by atoms with Gasteiger partial charge >= 0.3 is 6.18 Å². The monoisotopic (exact) mass is 361 g/mol. The summed E-state index contributed by atoms with van der Waals surface area (Å²) >= 11 is 0.